The van der Waals surface area contributed by atoms with Crippen molar-refractivity contribution in [1.82, 2.24) is 15.0 Å². The van der Waals surface area contributed by atoms with E-state index in [0.29, 0.717) is 0 Å². The van der Waals surface area contributed by atoms with Gasteiger partial charge in [-0.05, 0) is 20.8 Å². The molecule has 0 saturated heterocycles. The van der Waals surface area contributed by atoms with Crippen molar-refractivity contribution in [3.63, 3.8) is 0 Å². The van der Waals surface area contributed by atoms with Crippen molar-refractivity contribution in [2.24, 2.45) is 0 Å². The third kappa shape index (κ3) is 3.01. The Balaban J connectivity index is 2.21. The van der Waals surface area contributed by atoms with Crippen LogP contribution >= 0.6 is 11.3 Å². The Bertz CT molecular complexity index is 552. The minimum atomic E-state index is 0.819. The highest BCUT2D eigenvalue weighted by atomic mass is 32.1. The zero-order valence-electron chi connectivity index (χ0n) is 11.8. The maximum absolute atomic E-state index is 4.39. The van der Waals surface area contributed by atoms with Crippen molar-refractivity contribution < 1.29 is 0 Å². The van der Waals surface area contributed by atoms with Crippen LogP contribution in [0.25, 0.3) is 0 Å². The molecule has 6 heteroatoms. The number of nitrogens with zero attached hydrogens (tertiary/aromatic N) is 4. The molecule has 0 spiro atoms. The van der Waals surface area contributed by atoms with Crippen LogP contribution in [0.15, 0.2) is 11.8 Å². The molecule has 0 aromatic carbocycles. The van der Waals surface area contributed by atoms with E-state index in [-0.39, 0.29) is 0 Å². The lowest BCUT2D eigenvalue weighted by atomic mass is 10.2. The Morgan fingerprint density at radius 1 is 1.26 bits per heavy atom. The number of anilines is 2. The zero-order chi connectivity index (χ0) is 13.8. The van der Waals surface area contributed by atoms with Gasteiger partial charge in [-0.3, -0.25) is 0 Å². The normalized spacial score (nSPS) is 10.5. The summed E-state index contributed by atoms with van der Waals surface area (Å²) in [6, 6.07) is 0. The lowest BCUT2D eigenvalue weighted by molar-refractivity contribution is 0.885. The van der Waals surface area contributed by atoms with Crippen LogP contribution in [0, 0.1) is 13.8 Å². The average Bonchev–Trinajstić information content (AvgIpc) is 2.78. The van der Waals surface area contributed by atoms with Gasteiger partial charge in [0.15, 0.2) is 0 Å². The molecule has 0 atom stereocenters. The first kappa shape index (κ1) is 13.7. The number of thiazole rings is 1. The smallest absolute Gasteiger partial charge is 0.137 e. The molecule has 2 aromatic heterocycles. The van der Waals surface area contributed by atoms with Gasteiger partial charge >= 0.3 is 0 Å². The molecule has 1 N–H and O–H groups in total. The molecule has 2 rings (SSSR count). The number of hydrogen-bond acceptors (Lipinski definition) is 6. The van der Waals surface area contributed by atoms with Gasteiger partial charge in [0.1, 0.15) is 18.0 Å². The Morgan fingerprint density at radius 3 is 2.68 bits per heavy atom. The molecule has 0 aliphatic rings. The fraction of sp³-hybridized carbons (Fsp3) is 0.462. The summed E-state index contributed by atoms with van der Waals surface area (Å²) in [7, 11) is 2.05. The van der Waals surface area contributed by atoms with Gasteiger partial charge in [-0.25, -0.2) is 15.0 Å². The highest BCUT2D eigenvalue weighted by molar-refractivity contribution is 7.09. The summed E-state index contributed by atoms with van der Waals surface area (Å²) in [5.41, 5.74) is 4.06. The second kappa shape index (κ2) is 5.97. The summed E-state index contributed by atoms with van der Waals surface area (Å²) < 4.78 is 0. The van der Waals surface area contributed by atoms with E-state index in [4.69, 9.17) is 0 Å². The Labute approximate surface area is 117 Å². The molecule has 19 heavy (non-hydrogen) atoms. The van der Waals surface area contributed by atoms with E-state index in [0.717, 1.165) is 36.0 Å². The summed E-state index contributed by atoms with van der Waals surface area (Å²) in [5.74, 6) is 1.86. The Hall–Kier alpha value is -1.69. The molecule has 0 aliphatic carbocycles. The molecule has 0 amide bonds. The van der Waals surface area contributed by atoms with Gasteiger partial charge in [-0.15, -0.1) is 11.3 Å². The number of aryl methyl sites for hydroxylation is 1. The van der Waals surface area contributed by atoms with Gasteiger partial charge in [0, 0.05) is 24.0 Å². The van der Waals surface area contributed by atoms with Crippen molar-refractivity contribution in [2.75, 3.05) is 23.8 Å². The third-order valence-corrected chi connectivity index (χ3v) is 3.91. The Morgan fingerprint density at radius 2 is 2.05 bits per heavy atom. The van der Waals surface area contributed by atoms with E-state index < -0.39 is 0 Å². The maximum Gasteiger partial charge on any atom is 0.137 e. The van der Waals surface area contributed by atoms with Crippen LogP contribution in [0.2, 0.25) is 0 Å². The molecule has 0 saturated carbocycles. The molecule has 0 unspecified atom stereocenters. The molecular formula is C13H19N5S. The SMILES string of the molecule is CCNc1ncnc(N(C)Cc2scnc2C)c1C. The van der Waals surface area contributed by atoms with E-state index in [2.05, 4.69) is 32.1 Å². The molecule has 2 heterocycles. The van der Waals surface area contributed by atoms with Crippen LogP contribution in [-0.2, 0) is 6.54 Å². The molecular weight excluding hydrogens is 258 g/mol. The summed E-state index contributed by atoms with van der Waals surface area (Å²) in [4.78, 5) is 16.3. The minimum Gasteiger partial charge on any atom is -0.370 e. The second-order valence-corrected chi connectivity index (χ2v) is 5.36. The van der Waals surface area contributed by atoms with E-state index >= 15 is 0 Å². The van der Waals surface area contributed by atoms with Crippen LogP contribution in [0.3, 0.4) is 0 Å². The first-order chi connectivity index (χ1) is 9.13. The predicted octanol–water partition coefficient (Wildman–Crippen LogP) is 2.62. The minimum absolute atomic E-state index is 0.819. The summed E-state index contributed by atoms with van der Waals surface area (Å²) >= 11 is 1.68. The summed E-state index contributed by atoms with van der Waals surface area (Å²) in [6.07, 6.45) is 1.61. The van der Waals surface area contributed by atoms with Gasteiger partial charge in [0.2, 0.25) is 0 Å². The van der Waals surface area contributed by atoms with Crippen molar-refractivity contribution >= 4 is 23.0 Å². The first-order valence-corrected chi connectivity index (χ1v) is 7.17. The lowest BCUT2D eigenvalue weighted by Crippen LogP contribution is -2.19. The van der Waals surface area contributed by atoms with Gasteiger partial charge < -0.3 is 10.2 Å². The van der Waals surface area contributed by atoms with Crippen LogP contribution in [0.5, 0.6) is 0 Å². The van der Waals surface area contributed by atoms with Gasteiger partial charge in [0.05, 0.1) is 17.7 Å². The Kier molecular flexibility index (Phi) is 4.31. The number of rotatable bonds is 5. The highest BCUT2D eigenvalue weighted by Gasteiger charge is 2.12. The van der Waals surface area contributed by atoms with Crippen molar-refractivity contribution in [1.29, 1.82) is 0 Å². The monoisotopic (exact) mass is 277 g/mol. The van der Waals surface area contributed by atoms with E-state index in [1.54, 1.807) is 17.7 Å². The number of aromatic nitrogens is 3. The van der Waals surface area contributed by atoms with Crippen molar-refractivity contribution in [2.45, 2.75) is 27.3 Å². The van der Waals surface area contributed by atoms with Crippen LogP contribution in [0.4, 0.5) is 11.6 Å². The highest BCUT2D eigenvalue weighted by Crippen LogP contribution is 2.24. The molecule has 0 bridgehead atoms. The van der Waals surface area contributed by atoms with Gasteiger partial charge in [-0.2, -0.15) is 0 Å². The van der Waals surface area contributed by atoms with E-state index in [9.17, 15) is 0 Å². The fourth-order valence-electron chi connectivity index (χ4n) is 1.94. The molecule has 5 nitrogen and oxygen atoms in total. The van der Waals surface area contributed by atoms with Crippen LogP contribution < -0.4 is 10.2 Å². The van der Waals surface area contributed by atoms with E-state index in [1.807, 2.05) is 26.4 Å². The van der Waals surface area contributed by atoms with E-state index in [1.165, 1.54) is 4.88 Å². The molecule has 0 fully saturated rings. The molecule has 2 aromatic rings. The summed E-state index contributed by atoms with van der Waals surface area (Å²) in [5, 5.41) is 3.25. The van der Waals surface area contributed by atoms with Gasteiger partial charge in [0.25, 0.3) is 0 Å². The maximum atomic E-state index is 4.39. The topological polar surface area (TPSA) is 53.9 Å². The first-order valence-electron chi connectivity index (χ1n) is 6.29. The summed E-state index contributed by atoms with van der Waals surface area (Å²) in [6.45, 7) is 7.82. The lowest BCUT2D eigenvalue weighted by Gasteiger charge is -2.20. The second-order valence-electron chi connectivity index (χ2n) is 4.42. The van der Waals surface area contributed by atoms with Crippen molar-refractivity contribution in [3.05, 3.63) is 28.0 Å². The quantitative estimate of drug-likeness (QED) is 0.910. The standard InChI is InChI=1S/C13H19N5S/c1-5-14-12-9(2)13(16-7-15-12)18(4)6-11-10(3)17-8-19-11/h7-8H,5-6H2,1-4H3,(H,14,15,16). The van der Waals surface area contributed by atoms with Crippen LogP contribution in [-0.4, -0.2) is 28.5 Å². The number of hydrogen-bond donors (Lipinski definition) is 1. The average molecular weight is 277 g/mol. The largest absolute Gasteiger partial charge is 0.370 e. The van der Waals surface area contributed by atoms with Crippen molar-refractivity contribution in [3.8, 4) is 0 Å². The molecule has 0 radical (unpaired) electrons. The van der Waals surface area contributed by atoms with Crippen LogP contribution in [0.1, 0.15) is 23.1 Å². The van der Waals surface area contributed by atoms with Gasteiger partial charge in [-0.1, -0.05) is 0 Å². The predicted molar refractivity (Wildman–Crippen MR) is 79.9 cm³/mol. The third-order valence-electron chi connectivity index (χ3n) is 2.99. The molecule has 0 aliphatic heterocycles. The number of nitrogens with one attached hydrogen (secondary N) is 1. The fourth-order valence-corrected chi connectivity index (χ4v) is 2.77. The zero-order valence-corrected chi connectivity index (χ0v) is 12.6. The molecule has 102 valence electrons.